The third-order valence-electron chi connectivity index (χ3n) is 4.85. The van der Waals surface area contributed by atoms with E-state index in [-0.39, 0.29) is 0 Å². The van der Waals surface area contributed by atoms with E-state index < -0.39 is 0 Å². The van der Waals surface area contributed by atoms with Gasteiger partial charge in [0.25, 0.3) is 0 Å². The Balaban J connectivity index is 1.76. The smallest absolute Gasteiger partial charge is 0.0510 e. The molecule has 0 aliphatic carbocycles. The number of benzene rings is 1. The molecule has 2 fully saturated rings. The summed E-state index contributed by atoms with van der Waals surface area (Å²) in [6.07, 6.45) is 4.01. The van der Waals surface area contributed by atoms with Crippen LogP contribution in [0, 0.1) is 5.92 Å². The Kier molecular flexibility index (Phi) is 4.58. The van der Waals surface area contributed by atoms with Gasteiger partial charge in [0.15, 0.2) is 0 Å². The molecule has 2 saturated heterocycles. The van der Waals surface area contributed by atoms with Gasteiger partial charge in [-0.25, -0.2) is 0 Å². The molecule has 0 saturated carbocycles. The Bertz CT molecular complexity index is 480. The lowest BCUT2D eigenvalue weighted by molar-refractivity contribution is 0.102. The average Bonchev–Trinajstić information content (AvgIpc) is 2.47. The number of rotatable bonds is 2. The van der Waals surface area contributed by atoms with Crippen LogP contribution in [-0.2, 0) is 5.88 Å². The van der Waals surface area contributed by atoms with Gasteiger partial charge in [-0.1, -0.05) is 6.07 Å². The Morgan fingerprint density at radius 3 is 2.90 bits per heavy atom. The lowest BCUT2D eigenvalue weighted by Crippen LogP contribution is -2.52. The topological polar surface area (TPSA) is 6.48 Å². The third kappa shape index (κ3) is 2.86. The molecule has 2 aliphatic rings. The Hall–Kier alpha value is -0.250. The van der Waals surface area contributed by atoms with Crippen molar-refractivity contribution < 1.29 is 0 Å². The van der Waals surface area contributed by atoms with Crippen molar-refractivity contribution in [1.82, 2.24) is 4.90 Å². The number of fused-ring (bicyclic) bond motifs is 1. The molecule has 2 unspecified atom stereocenters. The predicted octanol–water partition coefficient (Wildman–Crippen LogP) is 4.11. The highest BCUT2D eigenvalue weighted by Gasteiger charge is 2.34. The molecule has 110 valence electrons. The number of nitrogens with zero attached hydrogens (tertiary/aromatic N) is 2. The van der Waals surface area contributed by atoms with Gasteiger partial charge in [-0.3, -0.25) is 0 Å². The number of halogens is 2. The molecule has 0 spiro atoms. The zero-order valence-corrected chi connectivity index (χ0v) is 14.3. The maximum absolute atomic E-state index is 5.90. The zero-order chi connectivity index (χ0) is 14.1. The molecule has 0 radical (unpaired) electrons. The van der Waals surface area contributed by atoms with Crippen LogP contribution in [0.15, 0.2) is 22.7 Å². The molecule has 0 N–H and O–H groups in total. The van der Waals surface area contributed by atoms with E-state index in [1.807, 2.05) is 0 Å². The molecule has 0 aromatic heterocycles. The van der Waals surface area contributed by atoms with E-state index in [1.54, 1.807) is 0 Å². The molecule has 2 atom stereocenters. The van der Waals surface area contributed by atoms with Crippen LogP contribution in [0.25, 0.3) is 0 Å². The van der Waals surface area contributed by atoms with Crippen LogP contribution in [0.4, 0.5) is 5.69 Å². The molecule has 0 bridgehead atoms. The molecule has 20 heavy (non-hydrogen) atoms. The maximum Gasteiger partial charge on any atom is 0.0510 e. The van der Waals surface area contributed by atoms with Crippen molar-refractivity contribution >= 4 is 33.2 Å². The van der Waals surface area contributed by atoms with Crippen molar-refractivity contribution in [2.75, 3.05) is 31.6 Å². The van der Waals surface area contributed by atoms with Gasteiger partial charge in [0.2, 0.25) is 0 Å². The number of hydrogen-bond acceptors (Lipinski definition) is 2. The first-order valence-corrected chi connectivity index (χ1v) is 8.81. The fourth-order valence-corrected chi connectivity index (χ4v) is 4.60. The second-order valence-electron chi connectivity index (χ2n) is 6.10. The zero-order valence-electron chi connectivity index (χ0n) is 12.0. The van der Waals surface area contributed by atoms with Crippen LogP contribution in [0.1, 0.15) is 24.8 Å². The number of hydrogen-bond donors (Lipinski definition) is 0. The van der Waals surface area contributed by atoms with Crippen LogP contribution >= 0.6 is 27.5 Å². The van der Waals surface area contributed by atoms with Crippen LogP contribution in [-0.4, -0.2) is 37.6 Å². The quantitative estimate of drug-likeness (QED) is 0.735. The molecular weight excluding hydrogens is 336 g/mol. The van der Waals surface area contributed by atoms with Crippen molar-refractivity contribution in [2.45, 2.75) is 31.2 Å². The second-order valence-corrected chi connectivity index (χ2v) is 7.23. The highest BCUT2D eigenvalue weighted by Crippen LogP contribution is 2.35. The van der Waals surface area contributed by atoms with E-state index in [2.05, 4.69) is 51.0 Å². The van der Waals surface area contributed by atoms with Gasteiger partial charge < -0.3 is 9.80 Å². The van der Waals surface area contributed by atoms with Crippen molar-refractivity contribution in [3.05, 3.63) is 28.2 Å². The van der Waals surface area contributed by atoms with Gasteiger partial charge >= 0.3 is 0 Å². The summed E-state index contributed by atoms with van der Waals surface area (Å²) in [5, 5.41) is 0. The van der Waals surface area contributed by atoms with E-state index in [4.69, 9.17) is 11.6 Å². The highest BCUT2D eigenvalue weighted by molar-refractivity contribution is 9.10. The average molecular weight is 358 g/mol. The molecule has 4 heteroatoms. The first-order chi connectivity index (χ1) is 9.69. The van der Waals surface area contributed by atoms with Gasteiger partial charge in [-0.2, -0.15) is 0 Å². The van der Waals surface area contributed by atoms with Crippen LogP contribution in [0.3, 0.4) is 0 Å². The molecule has 2 heterocycles. The van der Waals surface area contributed by atoms with E-state index in [0.717, 1.165) is 18.5 Å². The summed E-state index contributed by atoms with van der Waals surface area (Å²) in [5.41, 5.74) is 2.50. The Morgan fingerprint density at radius 1 is 1.30 bits per heavy atom. The van der Waals surface area contributed by atoms with E-state index in [1.165, 1.54) is 48.1 Å². The van der Waals surface area contributed by atoms with Crippen LogP contribution in [0.5, 0.6) is 0 Å². The normalized spacial score (nSPS) is 27.4. The van der Waals surface area contributed by atoms with E-state index in [0.29, 0.717) is 5.88 Å². The second kappa shape index (κ2) is 6.25. The summed E-state index contributed by atoms with van der Waals surface area (Å²) in [7, 11) is 2.29. The third-order valence-corrected chi connectivity index (χ3v) is 5.80. The highest BCUT2D eigenvalue weighted by atomic mass is 79.9. The summed E-state index contributed by atoms with van der Waals surface area (Å²) >= 11 is 9.62. The van der Waals surface area contributed by atoms with Crippen molar-refractivity contribution in [2.24, 2.45) is 5.92 Å². The van der Waals surface area contributed by atoms with Crippen molar-refractivity contribution in [3.63, 3.8) is 0 Å². The van der Waals surface area contributed by atoms with Crippen LogP contribution in [0.2, 0.25) is 0 Å². The van der Waals surface area contributed by atoms with Gasteiger partial charge in [0.1, 0.15) is 0 Å². The molecule has 1 aromatic carbocycles. The van der Waals surface area contributed by atoms with Gasteiger partial charge in [-0.15, -0.1) is 11.6 Å². The first kappa shape index (κ1) is 14.7. The van der Waals surface area contributed by atoms with E-state index >= 15 is 0 Å². The number of piperidine rings is 2. The summed E-state index contributed by atoms with van der Waals surface area (Å²) in [6, 6.07) is 7.31. The first-order valence-electron chi connectivity index (χ1n) is 7.48. The monoisotopic (exact) mass is 356 g/mol. The summed E-state index contributed by atoms with van der Waals surface area (Å²) in [6.45, 7) is 3.62. The van der Waals surface area contributed by atoms with Gasteiger partial charge in [0.05, 0.1) is 5.69 Å². The van der Waals surface area contributed by atoms with Crippen LogP contribution < -0.4 is 4.90 Å². The fourth-order valence-electron chi connectivity index (χ4n) is 3.76. The predicted molar refractivity (Wildman–Crippen MR) is 89.7 cm³/mol. The molecule has 0 amide bonds. The number of alkyl halides is 1. The largest absolute Gasteiger partial charge is 0.370 e. The molecular formula is C16H22BrClN2. The minimum absolute atomic E-state index is 0.578. The molecule has 3 rings (SSSR count). The lowest BCUT2D eigenvalue weighted by atomic mass is 9.84. The summed E-state index contributed by atoms with van der Waals surface area (Å²) in [4.78, 5) is 5.11. The fraction of sp³-hybridized carbons (Fsp3) is 0.625. The molecule has 2 aliphatic heterocycles. The van der Waals surface area contributed by atoms with Gasteiger partial charge in [-0.05, 0) is 72.4 Å². The molecule has 2 nitrogen and oxygen atoms in total. The Labute approximate surface area is 135 Å². The standard InChI is InChI=1S/C16H22BrClN2/c1-19-7-2-3-13-11-20(8-6-15(13)19)16-5-4-12(10-18)9-14(16)17/h4-5,9,13,15H,2-3,6-8,10-11H2,1H3. The SMILES string of the molecule is CN1CCCC2CN(c3ccc(CCl)cc3Br)CCC21. The Morgan fingerprint density at radius 2 is 2.15 bits per heavy atom. The number of likely N-dealkylation sites (tertiary alicyclic amines) is 1. The summed E-state index contributed by atoms with van der Waals surface area (Å²) in [5.74, 6) is 1.40. The van der Waals surface area contributed by atoms with Crippen molar-refractivity contribution in [1.29, 1.82) is 0 Å². The van der Waals surface area contributed by atoms with Crippen molar-refractivity contribution in [3.8, 4) is 0 Å². The van der Waals surface area contributed by atoms with E-state index in [9.17, 15) is 0 Å². The minimum atomic E-state index is 0.578. The molecule has 1 aromatic rings. The lowest BCUT2D eigenvalue weighted by Gasteiger charge is -2.46. The summed E-state index contributed by atoms with van der Waals surface area (Å²) < 4.78 is 1.18. The minimum Gasteiger partial charge on any atom is -0.370 e. The van der Waals surface area contributed by atoms with Gasteiger partial charge in [0, 0.05) is 29.5 Å². The number of anilines is 1. The maximum atomic E-state index is 5.90.